The van der Waals surface area contributed by atoms with Crippen molar-refractivity contribution in [2.45, 2.75) is 25.9 Å². The van der Waals surface area contributed by atoms with E-state index in [0.29, 0.717) is 10.7 Å². The normalized spacial score (nSPS) is 13.4. The zero-order chi connectivity index (χ0) is 15.6. The maximum atomic E-state index is 12.8. The molecule has 21 heavy (non-hydrogen) atoms. The number of hydrogen-bond donors (Lipinski definition) is 1. The van der Waals surface area contributed by atoms with E-state index in [1.54, 1.807) is 18.2 Å². The molecule has 0 fully saturated rings. The van der Waals surface area contributed by atoms with Crippen LogP contribution in [0.3, 0.4) is 0 Å². The van der Waals surface area contributed by atoms with Gasteiger partial charge < -0.3 is 0 Å². The van der Waals surface area contributed by atoms with Gasteiger partial charge in [0.15, 0.2) is 5.69 Å². The van der Waals surface area contributed by atoms with E-state index in [1.165, 1.54) is 13.0 Å². The molecular formula is C13H12ClF4N3. The fraction of sp³-hybridized carbons (Fsp3) is 0.308. The molecule has 0 radical (unpaired) electrons. The van der Waals surface area contributed by atoms with Crippen LogP contribution in [0.2, 0.25) is 5.02 Å². The van der Waals surface area contributed by atoms with Crippen molar-refractivity contribution in [2.75, 3.05) is 0 Å². The van der Waals surface area contributed by atoms with Crippen LogP contribution in [0.25, 0.3) is 5.69 Å². The number of alkyl halides is 4. The average molecular weight is 322 g/mol. The second-order valence-corrected chi connectivity index (χ2v) is 4.84. The van der Waals surface area contributed by atoms with Gasteiger partial charge in [-0.2, -0.15) is 18.3 Å². The third kappa shape index (κ3) is 3.95. The summed E-state index contributed by atoms with van der Waals surface area (Å²) in [5, 5.41) is 6.33. The molecule has 1 N–H and O–H groups in total. The van der Waals surface area contributed by atoms with Crippen molar-refractivity contribution in [1.82, 2.24) is 15.1 Å². The lowest BCUT2D eigenvalue weighted by Crippen LogP contribution is -2.22. The lowest BCUT2D eigenvalue weighted by atomic mass is 10.3. The molecule has 1 atom stereocenters. The molecule has 0 saturated carbocycles. The third-order valence-corrected chi connectivity index (χ3v) is 2.93. The van der Waals surface area contributed by atoms with E-state index in [0.717, 1.165) is 10.7 Å². The van der Waals surface area contributed by atoms with Gasteiger partial charge in [-0.25, -0.2) is 9.07 Å². The molecule has 0 spiro atoms. The summed E-state index contributed by atoms with van der Waals surface area (Å²) < 4.78 is 52.3. The number of halogens is 5. The molecule has 0 aliphatic carbocycles. The number of aromatic nitrogens is 2. The minimum Gasteiger partial charge on any atom is -0.282 e. The van der Waals surface area contributed by atoms with Gasteiger partial charge in [0.2, 0.25) is 0 Å². The van der Waals surface area contributed by atoms with Gasteiger partial charge in [0.05, 0.1) is 11.4 Å². The van der Waals surface area contributed by atoms with Gasteiger partial charge in [0.1, 0.15) is 6.30 Å². The molecule has 2 rings (SSSR count). The van der Waals surface area contributed by atoms with E-state index in [4.69, 9.17) is 11.6 Å². The van der Waals surface area contributed by atoms with E-state index in [1.807, 2.05) is 0 Å². The lowest BCUT2D eigenvalue weighted by Gasteiger charge is -2.09. The van der Waals surface area contributed by atoms with Crippen molar-refractivity contribution >= 4 is 11.6 Å². The van der Waals surface area contributed by atoms with Gasteiger partial charge in [-0.3, -0.25) is 5.32 Å². The van der Waals surface area contributed by atoms with Gasteiger partial charge in [-0.05, 0) is 31.2 Å². The zero-order valence-corrected chi connectivity index (χ0v) is 11.7. The molecule has 8 heteroatoms. The molecule has 0 saturated heterocycles. The molecular weight excluding hydrogens is 310 g/mol. The minimum atomic E-state index is -4.57. The Bertz CT molecular complexity index is 622. The molecule has 0 aliphatic heterocycles. The highest BCUT2D eigenvalue weighted by Crippen LogP contribution is 2.30. The topological polar surface area (TPSA) is 29.9 Å². The Labute approximate surface area is 123 Å². The van der Waals surface area contributed by atoms with Gasteiger partial charge in [0, 0.05) is 11.6 Å². The van der Waals surface area contributed by atoms with Crippen LogP contribution in [0.4, 0.5) is 17.6 Å². The molecule has 114 valence electrons. The summed E-state index contributed by atoms with van der Waals surface area (Å²) in [4.78, 5) is 0. The fourth-order valence-electron chi connectivity index (χ4n) is 1.76. The first kappa shape index (κ1) is 15.8. The molecule has 0 amide bonds. The number of benzene rings is 1. The summed E-state index contributed by atoms with van der Waals surface area (Å²) in [7, 11) is 0. The van der Waals surface area contributed by atoms with Crippen LogP contribution >= 0.6 is 11.6 Å². The van der Waals surface area contributed by atoms with Crippen molar-refractivity contribution in [3.05, 3.63) is 46.7 Å². The van der Waals surface area contributed by atoms with Gasteiger partial charge in [0.25, 0.3) is 0 Å². The van der Waals surface area contributed by atoms with E-state index in [2.05, 4.69) is 10.4 Å². The summed E-state index contributed by atoms with van der Waals surface area (Å²) >= 11 is 5.83. The summed E-state index contributed by atoms with van der Waals surface area (Å²) in [5.41, 5.74) is -0.471. The smallest absolute Gasteiger partial charge is 0.282 e. The first-order valence-corrected chi connectivity index (χ1v) is 6.44. The number of nitrogens with one attached hydrogen (secondary N) is 1. The van der Waals surface area contributed by atoms with E-state index < -0.39 is 18.2 Å². The Kier molecular flexibility index (Phi) is 4.53. The Morgan fingerprint density at radius 2 is 2.05 bits per heavy atom. The van der Waals surface area contributed by atoms with Crippen LogP contribution in [0, 0.1) is 0 Å². The van der Waals surface area contributed by atoms with E-state index in [9.17, 15) is 17.6 Å². The molecule has 0 bridgehead atoms. The van der Waals surface area contributed by atoms with Crippen molar-refractivity contribution in [2.24, 2.45) is 0 Å². The summed E-state index contributed by atoms with van der Waals surface area (Å²) in [5.74, 6) is 0. The van der Waals surface area contributed by atoms with Crippen molar-refractivity contribution in [3.8, 4) is 5.69 Å². The number of nitrogens with zero attached hydrogens (tertiary/aromatic N) is 2. The molecule has 2 aromatic rings. The number of rotatable bonds is 4. The molecule has 1 unspecified atom stereocenters. The summed E-state index contributed by atoms with van der Waals surface area (Å²) in [6, 6.07) is 7.14. The van der Waals surface area contributed by atoms with E-state index in [-0.39, 0.29) is 12.2 Å². The highest BCUT2D eigenvalue weighted by atomic mass is 35.5. The predicted molar refractivity (Wildman–Crippen MR) is 71.0 cm³/mol. The Balaban J connectivity index is 2.44. The van der Waals surface area contributed by atoms with Crippen molar-refractivity contribution in [3.63, 3.8) is 0 Å². The van der Waals surface area contributed by atoms with Crippen LogP contribution in [-0.4, -0.2) is 16.1 Å². The van der Waals surface area contributed by atoms with Gasteiger partial charge in [-0.1, -0.05) is 17.7 Å². The molecule has 1 aromatic heterocycles. The predicted octanol–water partition coefficient (Wildman–Crippen LogP) is 3.95. The number of hydrogen-bond acceptors (Lipinski definition) is 2. The highest BCUT2D eigenvalue weighted by Gasteiger charge is 2.35. The van der Waals surface area contributed by atoms with Crippen LogP contribution in [0.1, 0.15) is 18.3 Å². The highest BCUT2D eigenvalue weighted by molar-refractivity contribution is 6.30. The third-order valence-electron chi connectivity index (χ3n) is 2.69. The first-order valence-electron chi connectivity index (χ1n) is 6.07. The standard InChI is InChI=1S/C13H12ClF4N3/c1-8(15)19-7-11-6-12(13(16,17)18)20-21(11)10-4-2-3-9(14)5-10/h2-6,8,19H,7H2,1H3. The lowest BCUT2D eigenvalue weighted by molar-refractivity contribution is -0.141. The van der Waals surface area contributed by atoms with Crippen molar-refractivity contribution < 1.29 is 17.6 Å². The van der Waals surface area contributed by atoms with Crippen LogP contribution < -0.4 is 5.32 Å². The second kappa shape index (κ2) is 6.03. The Hall–Kier alpha value is -1.60. The van der Waals surface area contributed by atoms with Crippen LogP contribution in [0.5, 0.6) is 0 Å². The second-order valence-electron chi connectivity index (χ2n) is 4.41. The van der Waals surface area contributed by atoms with Gasteiger partial charge in [-0.15, -0.1) is 0 Å². The van der Waals surface area contributed by atoms with Gasteiger partial charge >= 0.3 is 6.18 Å². The fourth-order valence-corrected chi connectivity index (χ4v) is 1.95. The van der Waals surface area contributed by atoms with E-state index >= 15 is 0 Å². The monoisotopic (exact) mass is 321 g/mol. The first-order chi connectivity index (χ1) is 9.77. The van der Waals surface area contributed by atoms with Crippen LogP contribution in [-0.2, 0) is 12.7 Å². The summed E-state index contributed by atoms with van der Waals surface area (Å²) in [6.45, 7) is 1.16. The summed E-state index contributed by atoms with van der Waals surface area (Å²) in [6.07, 6.45) is -5.91. The molecule has 1 heterocycles. The Morgan fingerprint density at radius 3 is 2.62 bits per heavy atom. The minimum absolute atomic E-state index is 0.0900. The zero-order valence-electron chi connectivity index (χ0n) is 11.0. The molecule has 1 aromatic carbocycles. The average Bonchev–Trinajstić information content (AvgIpc) is 2.80. The quantitative estimate of drug-likeness (QED) is 0.682. The molecule has 3 nitrogen and oxygen atoms in total. The molecule has 0 aliphatic rings. The Morgan fingerprint density at radius 1 is 1.33 bits per heavy atom. The SMILES string of the molecule is CC(F)NCc1cc(C(F)(F)F)nn1-c1cccc(Cl)c1. The maximum absolute atomic E-state index is 12.8. The van der Waals surface area contributed by atoms with Crippen LogP contribution in [0.15, 0.2) is 30.3 Å². The van der Waals surface area contributed by atoms with Crippen molar-refractivity contribution in [1.29, 1.82) is 0 Å². The maximum Gasteiger partial charge on any atom is 0.435 e. The largest absolute Gasteiger partial charge is 0.435 e.